The molecule has 2 amide bonds. The van der Waals surface area contributed by atoms with Gasteiger partial charge in [0.2, 0.25) is 0 Å². The lowest BCUT2D eigenvalue weighted by atomic mass is 10.1. The van der Waals surface area contributed by atoms with Crippen molar-refractivity contribution in [2.24, 2.45) is 0 Å². The van der Waals surface area contributed by atoms with E-state index in [2.05, 4.69) is 9.97 Å². The zero-order valence-corrected chi connectivity index (χ0v) is 9.20. The van der Waals surface area contributed by atoms with Gasteiger partial charge in [-0.1, -0.05) is 6.07 Å². The normalized spacial score (nSPS) is 13.9. The molecule has 2 heterocycles. The van der Waals surface area contributed by atoms with Gasteiger partial charge < -0.3 is 5.73 Å². The maximum absolute atomic E-state index is 12.2. The minimum Gasteiger partial charge on any atom is -0.398 e. The van der Waals surface area contributed by atoms with Gasteiger partial charge in [-0.3, -0.25) is 14.6 Å². The molecule has 6 nitrogen and oxygen atoms in total. The Kier molecular flexibility index (Phi) is 2.09. The number of carbonyl (C=O) groups is 2. The average molecular weight is 240 g/mol. The van der Waals surface area contributed by atoms with Crippen molar-refractivity contribution in [3.8, 4) is 0 Å². The first-order valence-electron chi connectivity index (χ1n) is 5.23. The Morgan fingerprint density at radius 2 is 1.94 bits per heavy atom. The summed E-state index contributed by atoms with van der Waals surface area (Å²) in [6.45, 7) is 0. The number of hydrogen-bond donors (Lipinski definition) is 1. The number of nitrogen functional groups attached to an aromatic ring is 1. The third kappa shape index (κ3) is 1.29. The van der Waals surface area contributed by atoms with Crippen molar-refractivity contribution in [3.63, 3.8) is 0 Å². The highest BCUT2D eigenvalue weighted by molar-refractivity contribution is 6.35. The van der Waals surface area contributed by atoms with E-state index in [1.807, 2.05) is 0 Å². The molecule has 3 rings (SSSR count). The number of carbonyl (C=O) groups excluding carboxylic acids is 2. The third-order valence-electron chi connectivity index (χ3n) is 2.73. The zero-order chi connectivity index (χ0) is 12.7. The number of anilines is 2. The first kappa shape index (κ1) is 10.4. The molecule has 0 unspecified atom stereocenters. The van der Waals surface area contributed by atoms with Crippen LogP contribution < -0.4 is 10.6 Å². The van der Waals surface area contributed by atoms with Crippen molar-refractivity contribution in [2.75, 3.05) is 10.6 Å². The maximum atomic E-state index is 12.2. The number of nitrogens with zero attached hydrogens (tertiary/aromatic N) is 3. The predicted molar refractivity (Wildman–Crippen MR) is 64.0 cm³/mol. The summed E-state index contributed by atoms with van der Waals surface area (Å²) in [5, 5.41) is 0. The minimum absolute atomic E-state index is 0.197. The van der Waals surface area contributed by atoms with Gasteiger partial charge in [0.15, 0.2) is 5.82 Å². The molecule has 1 aromatic carbocycles. The van der Waals surface area contributed by atoms with Crippen LogP contribution in [0.25, 0.3) is 0 Å². The van der Waals surface area contributed by atoms with Gasteiger partial charge in [-0.25, -0.2) is 9.88 Å². The van der Waals surface area contributed by atoms with Crippen LogP contribution in [0.2, 0.25) is 0 Å². The smallest absolute Gasteiger partial charge is 0.269 e. The molecular weight excluding hydrogens is 232 g/mol. The predicted octanol–water partition coefficient (Wildman–Crippen LogP) is 0.859. The van der Waals surface area contributed by atoms with E-state index in [4.69, 9.17) is 5.73 Å². The van der Waals surface area contributed by atoms with E-state index < -0.39 is 11.8 Å². The molecule has 1 aromatic heterocycles. The molecule has 1 aliphatic heterocycles. The van der Waals surface area contributed by atoms with Crippen LogP contribution >= 0.6 is 0 Å². The summed E-state index contributed by atoms with van der Waals surface area (Å²) in [5.41, 5.74) is 6.54. The van der Waals surface area contributed by atoms with Crippen molar-refractivity contribution >= 4 is 23.3 Å². The monoisotopic (exact) mass is 240 g/mol. The van der Waals surface area contributed by atoms with Crippen LogP contribution in [0.3, 0.4) is 0 Å². The number of aromatic nitrogens is 2. The van der Waals surface area contributed by atoms with Crippen LogP contribution in [-0.4, -0.2) is 21.8 Å². The van der Waals surface area contributed by atoms with E-state index >= 15 is 0 Å². The van der Waals surface area contributed by atoms with Gasteiger partial charge in [-0.2, -0.15) is 0 Å². The van der Waals surface area contributed by atoms with E-state index in [-0.39, 0.29) is 17.1 Å². The summed E-state index contributed by atoms with van der Waals surface area (Å²) >= 11 is 0. The van der Waals surface area contributed by atoms with Gasteiger partial charge in [-0.05, 0) is 12.1 Å². The highest BCUT2D eigenvalue weighted by Gasteiger charge is 2.38. The number of benzene rings is 1. The number of imide groups is 1. The Balaban J connectivity index is 2.17. The summed E-state index contributed by atoms with van der Waals surface area (Å²) < 4.78 is 0. The second kappa shape index (κ2) is 3.63. The number of fused-ring (bicyclic) bond motifs is 1. The van der Waals surface area contributed by atoms with Crippen LogP contribution in [0.5, 0.6) is 0 Å². The van der Waals surface area contributed by atoms with Crippen LogP contribution in [0.4, 0.5) is 11.5 Å². The fourth-order valence-corrected chi connectivity index (χ4v) is 1.93. The van der Waals surface area contributed by atoms with Gasteiger partial charge in [0.25, 0.3) is 11.8 Å². The lowest BCUT2D eigenvalue weighted by molar-refractivity contribution is 0.0925. The molecule has 0 saturated heterocycles. The lowest BCUT2D eigenvalue weighted by Gasteiger charge is -2.11. The molecule has 18 heavy (non-hydrogen) atoms. The van der Waals surface area contributed by atoms with E-state index in [0.29, 0.717) is 5.56 Å². The Morgan fingerprint density at radius 3 is 2.61 bits per heavy atom. The van der Waals surface area contributed by atoms with E-state index in [1.54, 1.807) is 18.2 Å². The second-order valence-electron chi connectivity index (χ2n) is 3.78. The fourth-order valence-electron chi connectivity index (χ4n) is 1.93. The van der Waals surface area contributed by atoms with E-state index in [1.165, 1.54) is 18.6 Å². The van der Waals surface area contributed by atoms with Gasteiger partial charge in [0, 0.05) is 18.1 Å². The molecule has 2 N–H and O–H groups in total. The molecule has 88 valence electrons. The molecule has 0 fully saturated rings. The Hall–Kier alpha value is -2.76. The van der Waals surface area contributed by atoms with Gasteiger partial charge in [0.05, 0.1) is 17.3 Å². The molecule has 2 aromatic rings. The first-order valence-corrected chi connectivity index (χ1v) is 5.23. The van der Waals surface area contributed by atoms with Gasteiger partial charge >= 0.3 is 0 Å². The Morgan fingerprint density at radius 1 is 1.11 bits per heavy atom. The van der Waals surface area contributed by atoms with Crippen molar-refractivity contribution in [1.29, 1.82) is 0 Å². The molecule has 0 atom stereocenters. The lowest BCUT2D eigenvalue weighted by Crippen LogP contribution is -2.30. The first-order chi connectivity index (χ1) is 8.70. The molecule has 0 radical (unpaired) electrons. The average Bonchev–Trinajstić information content (AvgIpc) is 2.64. The summed E-state index contributed by atoms with van der Waals surface area (Å²) in [6, 6.07) is 4.80. The molecule has 0 spiro atoms. The third-order valence-corrected chi connectivity index (χ3v) is 2.73. The number of hydrogen-bond acceptors (Lipinski definition) is 5. The maximum Gasteiger partial charge on any atom is 0.269 e. The summed E-state index contributed by atoms with van der Waals surface area (Å²) in [5.74, 6) is -0.695. The number of nitrogens with two attached hydrogens (primary N) is 1. The van der Waals surface area contributed by atoms with Crippen LogP contribution in [0, 0.1) is 0 Å². The Labute approximate surface area is 102 Å². The van der Waals surface area contributed by atoms with Gasteiger partial charge in [0.1, 0.15) is 0 Å². The fraction of sp³-hybridized carbons (Fsp3) is 0. The van der Waals surface area contributed by atoms with Crippen molar-refractivity contribution < 1.29 is 9.59 Å². The number of rotatable bonds is 1. The second-order valence-corrected chi connectivity index (χ2v) is 3.78. The van der Waals surface area contributed by atoms with E-state index in [0.717, 1.165) is 4.90 Å². The summed E-state index contributed by atoms with van der Waals surface area (Å²) in [6.07, 6.45) is 4.25. The SMILES string of the molecule is Nc1cccc2c1C(=O)N(c1cnccn1)C2=O. The van der Waals surface area contributed by atoms with Crippen molar-refractivity contribution in [2.45, 2.75) is 0 Å². The zero-order valence-electron chi connectivity index (χ0n) is 9.20. The quantitative estimate of drug-likeness (QED) is 0.589. The highest BCUT2D eigenvalue weighted by atomic mass is 16.2. The summed E-state index contributed by atoms with van der Waals surface area (Å²) in [4.78, 5) is 33.1. The largest absolute Gasteiger partial charge is 0.398 e. The van der Waals surface area contributed by atoms with Crippen molar-refractivity contribution in [3.05, 3.63) is 47.9 Å². The molecule has 0 saturated carbocycles. The molecular formula is C12H8N4O2. The highest BCUT2D eigenvalue weighted by Crippen LogP contribution is 2.29. The van der Waals surface area contributed by atoms with Crippen LogP contribution in [-0.2, 0) is 0 Å². The summed E-state index contributed by atoms with van der Waals surface area (Å²) in [7, 11) is 0. The van der Waals surface area contributed by atoms with Crippen LogP contribution in [0.1, 0.15) is 20.7 Å². The minimum atomic E-state index is -0.464. The molecule has 0 bridgehead atoms. The van der Waals surface area contributed by atoms with Crippen LogP contribution in [0.15, 0.2) is 36.8 Å². The molecule has 0 aliphatic carbocycles. The number of amides is 2. The van der Waals surface area contributed by atoms with Crippen molar-refractivity contribution in [1.82, 2.24) is 9.97 Å². The van der Waals surface area contributed by atoms with E-state index in [9.17, 15) is 9.59 Å². The van der Waals surface area contributed by atoms with Gasteiger partial charge in [-0.15, -0.1) is 0 Å². The topological polar surface area (TPSA) is 89.2 Å². The standard InChI is InChI=1S/C12H8N4O2/c13-8-3-1-2-7-10(8)12(18)16(11(7)17)9-6-14-4-5-15-9/h1-6H,13H2. The molecule has 6 heteroatoms. The molecule has 1 aliphatic rings. The Bertz CT molecular complexity index is 654.